The summed E-state index contributed by atoms with van der Waals surface area (Å²) in [5.74, 6) is 1.60. The molecule has 1 aliphatic heterocycles. The van der Waals surface area contributed by atoms with E-state index in [1.165, 1.54) is 0 Å². The first-order valence-corrected chi connectivity index (χ1v) is 7.12. The van der Waals surface area contributed by atoms with Gasteiger partial charge in [0, 0.05) is 24.2 Å². The summed E-state index contributed by atoms with van der Waals surface area (Å²) < 4.78 is 1.70. The van der Waals surface area contributed by atoms with Gasteiger partial charge < -0.3 is 10.0 Å². The van der Waals surface area contributed by atoms with Gasteiger partial charge in [-0.2, -0.15) is 5.10 Å². The zero-order chi connectivity index (χ0) is 14.8. The monoisotopic (exact) mass is 286 g/mol. The highest BCUT2D eigenvalue weighted by Crippen LogP contribution is 2.25. The second-order valence-electron chi connectivity index (χ2n) is 5.13. The zero-order valence-electron chi connectivity index (χ0n) is 12.0. The molecule has 0 aliphatic carbocycles. The van der Waals surface area contributed by atoms with Gasteiger partial charge in [-0.15, -0.1) is 0 Å². The van der Waals surface area contributed by atoms with Crippen LogP contribution in [0.3, 0.4) is 0 Å². The highest BCUT2D eigenvalue weighted by molar-refractivity contribution is 5.95. The molecule has 1 amide bonds. The number of carbonyl (C=O) groups is 1. The topological polar surface area (TPSA) is 71.2 Å². The fourth-order valence-corrected chi connectivity index (χ4v) is 2.63. The van der Waals surface area contributed by atoms with E-state index < -0.39 is 0 Å². The van der Waals surface area contributed by atoms with Crippen molar-refractivity contribution in [3.05, 3.63) is 30.1 Å². The van der Waals surface area contributed by atoms with Crippen LogP contribution in [0.5, 0.6) is 0 Å². The van der Waals surface area contributed by atoms with Crippen molar-refractivity contribution in [1.82, 2.24) is 14.8 Å². The summed E-state index contributed by atoms with van der Waals surface area (Å²) in [5, 5.41) is 13.4. The van der Waals surface area contributed by atoms with Crippen LogP contribution >= 0.6 is 0 Å². The van der Waals surface area contributed by atoms with Gasteiger partial charge >= 0.3 is 0 Å². The van der Waals surface area contributed by atoms with Gasteiger partial charge in [0.15, 0.2) is 5.82 Å². The average Bonchev–Trinajstić information content (AvgIpc) is 3.06. The van der Waals surface area contributed by atoms with Crippen LogP contribution in [0.2, 0.25) is 0 Å². The van der Waals surface area contributed by atoms with Gasteiger partial charge in [-0.1, -0.05) is 0 Å². The largest absolute Gasteiger partial charge is 0.394 e. The maximum Gasteiger partial charge on any atom is 0.227 e. The Labute approximate surface area is 123 Å². The molecule has 1 N–H and O–H groups in total. The van der Waals surface area contributed by atoms with Crippen molar-refractivity contribution in [1.29, 1.82) is 0 Å². The highest BCUT2D eigenvalue weighted by atomic mass is 16.3. The number of aliphatic hydroxyl groups excluding tert-OH is 1. The van der Waals surface area contributed by atoms with Crippen LogP contribution in [-0.4, -0.2) is 38.9 Å². The van der Waals surface area contributed by atoms with Crippen LogP contribution in [0.25, 0.3) is 11.4 Å². The van der Waals surface area contributed by atoms with Crippen molar-refractivity contribution in [2.24, 2.45) is 0 Å². The van der Waals surface area contributed by atoms with Crippen LogP contribution in [-0.2, 0) is 11.3 Å². The zero-order valence-corrected chi connectivity index (χ0v) is 12.0. The Hall–Kier alpha value is -2.21. The van der Waals surface area contributed by atoms with E-state index in [4.69, 9.17) is 5.11 Å². The molecule has 0 saturated carbocycles. The molecular weight excluding hydrogens is 268 g/mol. The number of aliphatic hydroxyl groups is 1. The van der Waals surface area contributed by atoms with E-state index in [1.54, 1.807) is 4.68 Å². The van der Waals surface area contributed by atoms with E-state index in [9.17, 15) is 4.79 Å². The Morgan fingerprint density at radius 1 is 1.29 bits per heavy atom. The average molecular weight is 286 g/mol. The third kappa shape index (κ3) is 2.67. The number of hydrogen-bond donors (Lipinski definition) is 1. The van der Waals surface area contributed by atoms with E-state index in [-0.39, 0.29) is 12.5 Å². The molecule has 3 rings (SSSR count). The number of benzene rings is 1. The molecule has 2 aromatic rings. The summed E-state index contributed by atoms with van der Waals surface area (Å²) >= 11 is 0. The predicted octanol–water partition coefficient (Wildman–Crippen LogP) is 1.37. The predicted molar refractivity (Wildman–Crippen MR) is 78.9 cm³/mol. The van der Waals surface area contributed by atoms with Crippen LogP contribution in [0.1, 0.15) is 18.7 Å². The molecule has 6 nitrogen and oxygen atoms in total. The van der Waals surface area contributed by atoms with E-state index in [0.717, 1.165) is 30.0 Å². The van der Waals surface area contributed by atoms with Gasteiger partial charge in [0.1, 0.15) is 5.82 Å². The molecule has 1 aliphatic rings. The van der Waals surface area contributed by atoms with Crippen LogP contribution < -0.4 is 4.90 Å². The van der Waals surface area contributed by atoms with E-state index in [2.05, 4.69) is 10.1 Å². The Morgan fingerprint density at radius 3 is 2.67 bits per heavy atom. The van der Waals surface area contributed by atoms with Crippen molar-refractivity contribution in [3.63, 3.8) is 0 Å². The molecule has 6 heteroatoms. The molecule has 1 saturated heterocycles. The van der Waals surface area contributed by atoms with Crippen molar-refractivity contribution in [2.45, 2.75) is 26.3 Å². The van der Waals surface area contributed by atoms with E-state index in [0.29, 0.717) is 18.8 Å². The first-order valence-electron chi connectivity index (χ1n) is 7.12. The van der Waals surface area contributed by atoms with E-state index >= 15 is 0 Å². The number of carbonyl (C=O) groups excluding carboxylic acids is 1. The summed E-state index contributed by atoms with van der Waals surface area (Å²) in [6.45, 7) is 3.06. The lowest BCUT2D eigenvalue weighted by molar-refractivity contribution is -0.117. The molecule has 0 spiro atoms. The third-order valence-corrected chi connectivity index (χ3v) is 3.60. The maximum atomic E-state index is 11.7. The van der Waals surface area contributed by atoms with Gasteiger partial charge in [-0.3, -0.25) is 4.79 Å². The molecule has 1 aromatic carbocycles. The van der Waals surface area contributed by atoms with E-state index in [1.807, 2.05) is 36.1 Å². The van der Waals surface area contributed by atoms with Crippen molar-refractivity contribution in [2.75, 3.05) is 18.1 Å². The molecule has 0 radical (unpaired) electrons. The lowest BCUT2D eigenvalue weighted by atomic mass is 10.2. The maximum absolute atomic E-state index is 11.7. The standard InChI is InChI=1S/C15H18N4O2/c1-11-16-15(19(17-11)9-10-20)12-4-6-13(7-5-12)18-8-2-3-14(18)21/h4-7,20H,2-3,8-10H2,1H3. The summed E-state index contributed by atoms with van der Waals surface area (Å²) in [6.07, 6.45) is 1.55. The molecule has 1 fully saturated rings. The molecule has 110 valence electrons. The summed E-state index contributed by atoms with van der Waals surface area (Å²) in [6, 6.07) is 7.76. The Morgan fingerprint density at radius 2 is 2.05 bits per heavy atom. The first kappa shape index (κ1) is 13.8. The second-order valence-corrected chi connectivity index (χ2v) is 5.13. The first-order chi connectivity index (χ1) is 10.2. The van der Waals surface area contributed by atoms with Crippen molar-refractivity contribution in [3.8, 4) is 11.4 Å². The van der Waals surface area contributed by atoms with Gasteiger partial charge in [0.25, 0.3) is 0 Å². The second kappa shape index (κ2) is 5.65. The van der Waals surface area contributed by atoms with Gasteiger partial charge in [0.05, 0.1) is 13.2 Å². The Bertz CT molecular complexity index is 648. The molecule has 0 atom stereocenters. The van der Waals surface area contributed by atoms with Crippen LogP contribution in [0.15, 0.2) is 24.3 Å². The molecule has 2 heterocycles. The number of amides is 1. The normalized spacial score (nSPS) is 15.0. The Kier molecular flexibility index (Phi) is 3.70. The van der Waals surface area contributed by atoms with Crippen LogP contribution in [0, 0.1) is 6.92 Å². The third-order valence-electron chi connectivity index (χ3n) is 3.60. The number of aryl methyl sites for hydroxylation is 1. The van der Waals surface area contributed by atoms with Gasteiger partial charge in [0.2, 0.25) is 5.91 Å². The van der Waals surface area contributed by atoms with Crippen LogP contribution in [0.4, 0.5) is 5.69 Å². The summed E-state index contributed by atoms with van der Waals surface area (Å²) in [7, 11) is 0. The fraction of sp³-hybridized carbons (Fsp3) is 0.400. The number of hydrogen-bond acceptors (Lipinski definition) is 4. The molecule has 1 aromatic heterocycles. The molecular formula is C15H18N4O2. The Balaban J connectivity index is 1.88. The number of anilines is 1. The number of aromatic nitrogens is 3. The quantitative estimate of drug-likeness (QED) is 0.921. The van der Waals surface area contributed by atoms with Crippen molar-refractivity contribution >= 4 is 11.6 Å². The fourth-order valence-electron chi connectivity index (χ4n) is 2.63. The summed E-state index contributed by atoms with van der Waals surface area (Å²) in [4.78, 5) is 18.0. The molecule has 21 heavy (non-hydrogen) atoms. The number of nitrogens with zero attached hydrogens (tertiary/aromatic N) is 4. The highest BCUT2D eigenvalue weighted by Gasteiger charge is 2.21. The lowest BCUT2D eigenvalue weighted by Crippen LogP contribution is -2.23. The minimum absolute atomic E-state index is 0.0240. The van der Waals surface area contributed by atoms with Gasteiger partial charge in [-0.25, -0.2) is 9.67 Å². The molecule has 0 bridgehead atoms. The smallest absolute Gasteiger partial charge is 0.227 e. The lowest BCUT2D eigenvalue weighted by Gasteiger charge is -2.15. The van der Waals surface area contributed by atoms with Crippen molar-refractivity contribution < 1.29 is 9.90 Å². The number of rotatable bonds is 4. The van der Waals surface area contributed by atoms with Gasteiger partial charge in [-0.05, 0) is 37.6 Å². The summed E-state index contributed by atoms with van der Waals surface area (Å²) in [5.41, 5.74) is 1.85. The minimum Gasteiger partial charge on any atom is -0.394 e. The SMILES string of the molecule is Cc1nc(-c2ccc(N3CCCC3=O)cc2)n(CCO)n1. The minimum atomic E-state index is 0.0240. The molecule has 0 unspecified atom stereocenters.